The van der Waals surface area contributed by atoms with Crippen LogP contribution in [0.2, 0.25) is 0 Å². The van der Waals surface area contributed by atoms with Gasteiger partial charge in [-0.1, -0.05) is 0 Å². The van der Waals surface area contributed by atoms with E-state index in [1.54, 1.807) is 19.2 Å². The van der Waals surface area contributed by atoms with Crippen LogP contribution in [0.5, 0.6) is 5.75 Å². The minimum absolute atomic E-state index is 0.00757. The number of hydrogen-bond acceptors (Lipinski definition) is 4. The Morgan fingerprint density at radius 2 is 2.11 bits per heavy atom. The molecule has 1 aromatic carbocycles. The van der Waals surface area contributed by atoms with Gasteiger partial charge in [0, 0.05) is 31.0 Å². The number of rotatable bonds is 1. The molecule has 3 rings (SSSR count). The molecule has 0 N–H and O–H groups in total. The number of hydrogen-bond donors (Lipinski definition) is 0. The lowest BCUT2D eigenvalue weighted by molar-refractivity contribution is -0.0641. The highest BCUT2D eigenvalue weighted by molar-refractivity contribution is 5.79. The van der Waals surface area contributed by atoms with Gasteiger partial charge in [0.2, 0.25) is 0 Å². The molecular formula is C15H16O4. The standard InChI is InChI=1S/C15H16O4/c1-15(2)13(17-3)7-10-6-9-4-5-14(16)18-11(9)8-12(10)19-15/h4-6,8,13H,7H2,1-3H3/t13-/m1/s1. The first-order valence-electron chi connectivity index (χ1n) is 6.28. The summed E-state index contributed by atoms with van der Waals surface area (Å²) in [5, 5.41) is 0.900. The zero-order valence-electron chi connectivity index (χ0n) is 11.2. The van der Waals surface area contributed by atoms with Crippen molar-refractivity contribution in [2.24, 2.45) is 0 Å². The van der Waals surface area contributed by atoms with E-state index in [0.29, 0.717) is 5.58 Å². The van der Waals surface area contributed by atoms with E-state index in [9.17, 15) is 4.79 Å². The van der Waals surface area contributed by atoms with Crippen molar-refractivity contribution in [2.45, 2.75) is 32.0 Å². The Morgan fingerprint density at radius 1 is 1.32 bits per heavy atom. The molecule has 1 aromatic heterocycles. The molecule has 2 aromatic rings. The van der Waals surface area contributed by atoms with Crippen LogP contribution in [0.25, 0.3) is 11.0 Å². The van der Waals surface area contributed by atoms with Gasteiger partial charge in [-0.25, -0.2) is 4.79 Å². The maximum atomic E-state index is 11.2. The molecule has 0 spiro atoms. The second-order valence-corrected chi connectivity index (χ2v) is 5.39. The summed E-state index contributed by atoms with van der Waals surface area (Å²) in [6.45, 7) is 3.99. The quantitative estimate of drug-likeness (QED) is 0.739. The van der Waals surface area contributed by atoms with E-state index in [2.05, 4.69) is 0 Å². The van der Waals surface area contributed by atoms with Crippen LogP contribution in [0, 0.1) is 0 Å². The van der Waals surface area contributed by atoms with Crippen LogP contribution in [0.15, 0.2) is 33.5 Å². The normalized spacial score (nSPS) is 20.9. The zero-order valence-corrected chi connectivity index (χ0v) is 11.2. The van der Waals surface area contributed by atoms with Crippen molar-refractivity contribution in [1.29, 1.82) is 0 Å². The highest BCUT2D eigenvalue weighted by Crippen LogP contribution is 2.36. The minimum atomic E-state index is -0.398. The molecule has 0 saturated heterocycles. The van der Waals surface area contributed by atoms with Gasteiger partial charge in [0.15, 0.2) is 0 Å². The average Bonchev–Trinajstić information content (AvgIpc) is 2.34. The predicted octanol–water partition coefficient (Wildman–Crippen LogP) is 2.52. The van der Waals surface area contributed by atoms with E-state index in [1.165, 1.54) is 6.07 Å². The van der Waals surface area contributed by atoms with E-state index in [-0.39, 0.29) is 11.7 Å². The Balaban J connectivity index is 2.16. The fourth-order valence-corrected chi connectivity index (χ4v) is 2.56. The highest BCUT2D eigenvalue weighted by Gasteiger charge is 2.37. The summed E-state index contributed by atoms with van der Waals surface area (Å²) in [6.07, 6.45) is 0.793. The molecule has 4 heteroatoms. The Bertz CT molecular complexity index is 684. The second-order valence-electron chi connectivity index (χ2n) is 5.39. The molecule has 0 unspecified atom stereocenters. The molecule has 1 aliphatic heterocycles. The third-order valence-electron chi connectivity index (χ3n) is 3.64. The van der Waals surface area contributed by atoms with E-state index in [4.69, 9.17) is 13.9 Å². The fourth-order valence-electron chi connectivity index (χ4n) is 2.56. The largest absolute Gasteiger partial charge is 0.485 e. The Kier molecular flexibility index (Phi) is 2.64. The summed E-state index contributed by atoms with van der Waals surface area (Å²) in [7, 11) is 1.70. The highest BCUT2D eigenvalue weighted by atomic mass is 16.5. The number of ether oxygens (including phenoxy) is 2. The molecule has 0 fully saturated rings. The van der Waals surface area contributed by atoms with Gasteiger partial charge in [-0.3, -0.25) is 0 Å². The van der Waals surface area contributed by atoms with Gasteiger partial charge < -0.3 is 13.9 Å². The molecule has 0 saturated carbocycles. The van der Waals surface area contributed by atoms with E-state index in [0.717, 1.165) is 23.1 Å². The summed E-state index contributed by atoms with van der Waals surface area (Å²) in [6, 6.07) is 6.98. The molecule has 0 amide bonds. The van der Waals surface area contributed by atoms with Crippen LogP contribution in [-0.2, 0) is 11.2 Å². The molecule has 2 heterocycles. The smallest absolute Gasteiger partial charge is 0.336 e. The van der Waals surface area contributed by atoms with Crippen molar-refractivity contribution >= 4 is 11.0 Å². The third kappa shape index (κ3) is 2.02. The van der Waals surface area contributed by atoms with Gasteiger partial charge in [0.05, 0.1) is 0 Å². The van der Waals surface area contributed by atoms with Crippen molar-refractivity contribution in [3.8, 4) is 5.75 Å². The van der Waals surface area contributed by atoms with E-state index in [1.807, 2.05) is 19.9 Å². The first-order chi connectivity index (χ1) is 8.99. The maximum Gasteiger partial charge on any atom is 0.336 e. The second kappa shape index (κ2) is 4.10. The summed E-state index contributed by atoms with van der Waals surface area (Å²) < 4.78 is 16.7. The Morgan fingerprint density at radius 3 is 2.84 bits per heavy atom. The first kappa shape index (κ1) is 12.2. The van der Waals surface area contributed by atoms with Crippen molar-refractivity contribution in [1.82, 2.24) is 0 Å². The van der Waals surface area contributed by atoms with Crippen molar-refractivity contribution < 1.29 is 13.9 Å². The van der Waals surface area contributed by atoms with Gasteiger partial charge in [0.25, 0.3) is 0 Å². The Labute approximate surface area is 110 Å². The summed E-state index contributed by atoms with van der Waals surface area (Å²) in [5.74, 6) is 0.764. The molecule has 1 aliphatic rings. The van der Waals surface area contributed by atoms with E-state index < -0.39 is 5.60 Å². The number of fused-ring (bicyclic) bond motifs is 2. The van der Waals surface area contributed by atoms with Crippen LogP contribution in [0.3, 0.4) is 0 Å². The SMILES string of the molecule is CO[C@@H]1Cc2cc3ccc(=O)oc3cc2OC1(C)C. The monoisotopic (exact) mass is 260 g/mol. The lowest BCUT2D eigenvalue weighted by Gasteiger charge is -2.39. The minimum Gasteiger partial charge on any atom is -0.485 e. The molecular weight excluding hydrogens is 244 g/mol. The van der Waals surface area contributed by atoms with Crippen LogP contribution in [0.1, 0.15) is 19.4 Å². The summed E-state index contributed by atoms with van der Waals surface area (Å²) in [5.41, 5.74) is 0.882. The average molecular weight is 260 g/mol. The van der Waals surface area contributed by atoms with Crippen LogP contribution in [0.4, 0.5) is 0 Å². The fraction of sp³-hybridized carbons (Fsp3) is 0.400. The molecule has 0 bridgehead atoms. The van der Waals surface area contributed by atoms with Gasteiger partial charge in [-0.05, 0) is 31.5 Å². The van der Waals surface area contributed by atoms with Gasteiger partial charge >= 0.3 is 5.63 Å². The summed E-state index contributed by atoms with van der Waals surface area (Å²) in [4.78, 5) is 11.2. The van der Waals surface area contributed by atoms with Crippen molar-refractivity contribution in [2.75, 3.05) is 7.11 Å². The lowest BCUT2D eigenvalue weighted by Crippen LogP contribution is -2.47. The molecule has 100 valence electrons. The van der Waals surface area contributed by atoms with Gasteiger partial charge in [-0.2, -0.15) is 0 Å². The molecule has 19 heavy (non-hydrogen) atoms. The molecule has 0 aliphatic carbocycles. The number of methoxy groups -OCH3 is 1. The van der Waals surface area contributed by atoms with Crippen LogP contribution in [-0.4, -0.2) is 18.8 Å². The molecule has 0 radical (unpaired) electrons. The maximum absolute atomic E-state index is 11.2. The molecule has 1 atom stereocenters. The Hall–Kier alpha value is -1.81. The van der Waals surface area contributed by atoms with Crippen molar-refractivity contribution in [3.63, 3.8) is 0 Å². The lowest BCUT2D eigenvalue weighted by atomic mass is 9.90. The van der Waals surface area contributed by atoms with Crippen LogP contribution >= 0.6 is 0 Å². The molecule has 4 nitrogen and oxygen atoms in total. The number of benzene rings is 1. The summed E-state index contributed by atoms with van der Waals surface area (Å²) >= 11 is 0. The first-order valence-corrected chi connectivity index (χ1v) is 6.28. The van der Waals surface area contributed by atoms with Gasteiger partial charge in [-0.15, -0.1) is 0 Å². The third-order valence-corrected chi connectivity index (χ3v) is 3.64. The topological polar surface area (TPSA) is 48.7 Å². The van der Waals surface area contributed by atoms with Gasteiger partial charge in [0.1, 0.15) is 23.0 Å². The zero-order chi connectivity index (χ0) is 13.6. The van der Waals surface area contributed by atoms with Crippen molar-refractivity contribution in [3.05, 3.63) is 40.2 Å². The van der Waals surface area contributed by atoms with Crippen LogP contribution < -0.4 is 10.4 Å². The predicted molar refractivity (Wildman–Crippen MR) is 71.7 cm³/mol. The van der Waals surface area contributed by atoms with E-state index >= 15 is 0 Å².